The van der Waals surface area contributed by atoms with Crippen molar-refractivity contribution in [2.75, 3.05) is 45.9 Å². The molecule has 0 aromatic heterocycles. The van der Waals surface area contributed by atoms with Gasteiger partial charge in [-0.05, 0) is 5.56 Å². The predicted molar refractivity (Wildman–Crippen MR) is 113 cm³/mol. The SMILES string of the molecule is Fc1cc(F)c(OCCN2C=CN=C(N3CCN(Cc4ccccc4)CC3)C2)cc1F. The third-order valence-corrected chi connectivity index (χ3v) is 5.44. The van der Waals surface area contributed by atoms with Gasteiger partial charge >= 0.3 is 0 Å². The Morgan fingerprint density at radius 2 is 1.65 bits per heavy atom. The number of hydrogen-bond acceptors (Lipinski definition) is 5. The van der Waals surface area contributed by atoms with Crippen LogP contribution < -0.4 is 4.74 Å². The molecule has 0 bridgehead atoms. The molecule has 0 atom stereocenters. The number of benzene rings is 2. The van der Waals surface area contributed by atoms with Gasteiger partial charge in [0.05, 0.1) is 13.1 Å². The van der Waals surface area contributed by atoms with Gasteiger partial charge in [-0.2, -0.15) is 0 Å². The Morgan fingerprint density at radius 3 is 2.42 bits per heavy atom. The van der Waals surface area contributed by atoms with Crippen molar-refractivity contribution in [3.8, 4) is 5.75 Å². The van der Waals surface area contributed by atoms with Gasteiger partial charge in [-0.3, -0.25) is 4.90 Å². The zero-order valence-electron chi connectivity index (χ0n) is 17.2. The van der Waals surface area contributed by atoms with E-state index in [-0.39, 0.29) is 12.4 Å². The quantitative estimate of drug-likeness (QED) is 0.657. The van der Waals surface area contributed by atoms with Crippen LogP contribution in [-0.4, -0.2) is 66.4 Å². The van der Waals surface area contributed by atoms with Crippen molar-refractivity contribution in [1.82, 2.24) is 14.7 Å². The fraction of sp³-hybridized carbons (Fsp3) is 0.348. The summed E-state index contributed by atoms with van der Waals surface area (Å²) in [6.07, 6.45) is 3.59. The maximum Gasteiger partial charge on any atom is 0.168 e. The second-order valence-electron chi connectivity index (χ2n) is 7.61. The number of nitrogens with zero attached hydrogens (tertiary/aromatic N) is 4. The van der Waals surface area contributed by atoms with Gasteiger partial charge in [0.1, 0.15) is 12.4 Å². The number of piperazine rings is 1. The molecule has 2 heterocycles. The lowest BCUT2D eigenvalue weighted by molar-refractivity contribution is 0.170. The van der Waals surface area contributed by atoms with Crippen molar-refractivity contribution >= 4 is 5.84 Å². The van der Waals surface area contributed by atoms with E-state index in [0.29, 0.717) is 19.2 Å². The molecule has 2 aromatic carbocycles. The van der Waals surface area contributed by atoms with Crippen LogP contribution in [0.5, 0.6) is 5.75 Å². The number of aliphatic imine (C=N–C) groups is 1. The summed E-state index contributed by atoms with van der Waals surface area (Å²) in [5.74, 6) is -2.57. The molecule has 0 unspecified atom stereocenters. The molecule has 31 heavy (non-hydrogen) atoms. The highest BCUT2D eigenvalue weighted by Crippen LogP contribution is 2.20. The van der Waals surface area contributed by atoms with Gasteiger partial charge in [-0.15, -0.1) is 0 Å². The topological polar surface area (TPSA) is 31.3 Å². The monoisotopic (exact) mass is 430 g/mol. The zero-order valence-corrected chi connectivity index (χ0v) is 17.2. The molecule has 0 aliphatic carbocycles. The molecule has 164 valence electrons. The minimum atomic E-state index is -1.23. The van der Waals surface area contributed by atoms with E-state index in [2.05, 4.69) is 39.1 Å². The molecule has 1 saturated heterocycles. The number of halogens is 3. The fourth-order valence-electron chi connectivity index (χ4n) is 3.72. The molecule has 5 nitrogen and oxygen atoms in total. The minimum Gasteiger partial charge on any atom is -0.489 e. The Bertz CT molecular complexity index is 943. The van der Waals surface area contributed by atoms with Gasteiger partial charge in [-0.25, -0.2) is 18.2 Å². The van der Waals surface area contributed by atoms with Gasteiger partial charge in [-0.1, -0.05) is 30.3 Å². The number of ether oxygens (including phenoxy) is 1. The fourth-order valence-corrected chi connectivity index (χ4v) is 3.72. The number of hydrogen-bond donors (Lipinski definition) is 0. The van der Waals surface area contributed by atoms with Crippen LogP contribution in [0.25, 0.3) is 0 Å². The Hall–Kier alpha value is -3.00. The average molecular weight is 430 g/mol. The molecule has 4 rings (SSSR count). The average Bonchev–Trinajstić information content (AvgIpc) is 2.79. The lowest BCUT2D eigenvalue weighted by Crippen LogP contribution is -2.51. The first-order valence-electron chi connectivity index (χ1n) is 10.3. The zero-order chi connectivity index (χ0) is 21.6. The highest BCUT2D eigenvalue weighted by atomic mass is 19.2. The van der Waals surface area contributed by atoms with Gasteiger partial charge < -0.3 is 14.5 Å². The number of rotatable bonds is 6. The summed E-state index contributed by atoms with van der Waals surface area (Å²) in [6, 6.07) is 11.7. The third kappa shape index (κ3) is 5.58. The molecule has 0 saturated carbocycles. The van der Waals surface area contributed by atoms with Crippen molar-refractivity contribution < 1.29 is 17.9 Å². The summed E-state index contributed by atoms with van der Waals surface area (Å²) in [4.78, 5) is 11.3. The second-order valence-corrected chi connectivity index (χ2v) is 7.61. The van der Waals surface area contributed by atoms with Crippen molar-refractivity contribution in [3.05, 3.63) is 77.9 Å². The molecule has 2 aliphatic rings. The number of amidine groups is 1. The molecule has 0 N–H and O–H groups in total. The lowest BCUT2D eigenvalue weighted by Gasteiger charge is -2.38. The summed E-state index contributed by atoms with van der Waals surface area (Å²) < 4.78 is 45.3. The van der Waals surface area contributed by atoms with E-state index in [0.717, 1.165) is 44.6 Å². The van der Waals surface area contributed by atoms with Crippen LogP contribution in [0.15, 0.2) is 59.9 Å². The van der Waals surface area contributed by atoms with E-state index in [9.17, 15) is 13.2 Å². The molecular formula is C23H25F3N4O. The molecule has 0 amide bonds. The van der Waals surface area contributed by atoms with E-state index in [4.69, 9.17) is 4.74 Å². The highest BCUT2D eigenvalue weighted by molar-refractivity contribution is 5.85. The van der Waals surface area contributed by atoms with Crippen molar-refractivity contribution in [3.63, 3.8) is 0 Å². The molecule has 2 aromatic rings. The van der Waals surface area contributed by atoms with Crippen molar-refractivity contribution in [1.29, 1.82) is 0 Å². The summed E-state index contributed by atoms with van der Waals surface area (Å²) in [5.41, 5.74) is 1.32. The Morgan fingerprint density at radius 1 is 0.903 bits per heavy atom. The summed E-state index contributed by atoms with van der Waals surface area (Å²) in [7, 11) is 0. The highest BCUT2D eigenvalue weighted by Gasteiger charge is 2.22. The van der Waals surface area contributed by atoms with Crippen molar-refractivity contribution in [2.24, 2.45) is 4.99 Å². The van der Waals surface area contributed by atoms with E-state index in [1.807, 2.05) is 17.2 Å². The summed E-state index contributed by atoms with van der Waals surface area (Å²) in [6.45, 7) is 5.94. The van der Waals surface area contributed by atoms with Crippen LogP contribution in [0, 0.1) is 17.5 Å². The Kier molecular flexibility index (Phi) is 6.76. The first kappa shape index (κ1) is 21.2. The van der Waals surface area contributed by atoms with Crippen LogP contribution in [0.2, 0.25) is 0 Å². The van der Waals surface area contributed by atoms with Gasteiger partial charge in [0.2, 0.25) is 0 Å². The maximum absolute atomic E-state index is 13.7. The smallest absolute Gasteiger partial charge is 0.168 e. The molecule has 8 heteroatoms. The molecule has 0 spiro atoms. The van der Waals surface area contributed by atoms with Crippen LogP contribution in [0.4, 0.5) is 13.2 Å². The van der Waals surface area contributed by atoms with Crippen LogP contribution in [0.3, 0.4) is 0 Å². The molecule has 2 aliphatic heterocycles. The molecule has 0 radical (unpaired) electrons. The van der Waals surface area contributed by atoms with E-state index < -0.39 is 17.5 Å². The van der Waals surface area contributed by atoms with E-state index >= 15 is 0 Å². The van der Waals surface area contributed by atoms with Crippen molar-refractivity contribution in [2.45, 2.75) is 6.54 Å². The van der Waals surface area contributed by atoms with Gasteiger partial charge in [0, 0.05) is 57.3 Å². The second kappa shape index (κ2) is 9.87. The first-order chi connectivity index (χ1) is 15.1. The van der Waals surface area contributed by atoms with Crippen LogP contribution >= 0.6 is 0 Å². The maximum atomic E-state index is 13.7. The normalized spacial score (nSPS) is 17.1. The summed E-state index contributed by atoms with van der Waals surface area (Å²) >= 11 is 0. The lowest BCUT2D eigenvalue weighted by atomic mass is 10.2. The molecule has 1 fully saturated rings. The standard InChI is InChI=1S/C23H25F3N4O/c24-19-14-21(26)22(15-20(19)25)31-13-12-28-7-6-27-23(17-28)30-10-8-29(9-11-30)16-18-4-2-1-3-5-18/h1-7,14-15H,8-13,16-17H2. The minimum absolute atomic E-state index is 0.143. The summed E-state index contributed by atoms with van der Waals surface area (Å²) in [5, 5.41) is 0. The largest absolute Gasteiger partial charge is 0.489 e. The van der Waals surface area contributed by atoms with Crippen LogP contribution in [0.1, 0.15) is 5.56 Å². The predicted octanol–water partition coefficient (Wildman–Crippen LogP) is 3.49. The van der Waals surface area contributed by atoms with Gasteiger partial charge in [0.15, 0.2) is 23.2 Å². The Balaban J connectivity index is 1.23. The molecular weight excluding hydrogens is 405 g/mol. The van der Waals surface area contributed by atoms with Crippen LogP contribution in [-0.2, 0) is 6.54 Å². The first-order valence-corrected chi connectivity index (χ1v) is 10.3. The van der Waals surface area contributed by atoms with E-state index in [1.165, 1.54) is 5.56 Å². The third-order valence-electron chi connectivity index (χ3n) is 5.44. The van der Waals surface area contributed by atoms with E-state index in [1.54, 1.807) is 6.20 Å². The Labute approximate surface area is 180 Å². The van der Waals surface area contributed by atoms with Gasteiger partial charge in [0.25, 0.3) is 0 Å².